The summed E-state index contributed by atoms with van der Waals surface area (Å²) in [6, 6.07) is 12.1. The van der Waals surface area contributed by atoms with Crippen molar-refractivity contribution in [1.29, 1.82) is 0 Å². The third-order valence-electron chi connectivity index (χ3n) is 5.21. The molecule has 0 saturated heterocycles. The van der Waals surface area contributed by atoms with Crippen LogP contribution in [0.1, 0.15) is 51.1 Å². The molecule has 130 valence electrons. The molecule has 0 radical (unpaired) electrons. The van der Waals surface area contributed by atoms with Crippen LogP contribution < -0.4 is 5.32 Å². The number of Topliss-reactive ketones (excluding diaryl/α,β-unsaturated/α-hetero) is 1. The van der Waals surface area contributed by atoms with Gasteiger partial charge in [-0.25, -0.2) is 0 Å². The van der Waals surface area contributed by atoms with E-state index in [-0.39, 0.29) is 17.7 Å². The van der Waals surface area contributed by atoms with Gasteiger partial charge >= 0.3 is 0 Å². The summed E-state index contributed by atoms with van der Waals surface area (Å²) in [5.41, 5.74) is 2.81. The fourth-order valence-corrected chi connectivity index (χ4v) is 3.26. The fourth-order valence-electron chi connectivity index (χ4n) is 3.26. The first-order valence-electron chi connectivity index (χ1n) is 8.81. The summed E-state index contributed by atoms with van der Waals surface area (Å²) in [4.78, 5) is 28.2. The Kier molecular flexibility index (Phi) is 4.98. The smallest absolute Gasteiger partial charge is 0.226 e. The number of hydrogen-bond donors (Lipinski definition) is 1. The van der Waals surface area contributed by atoms with E-state index in [1.165, 1.54) is 0 Å². The fraction of sp³-hybridized carbons (Fsp3) is 0.381. The number of amides is 1. The number of benzene rings is 1. The molecule has 0 spiro atoms. The standard InChI is InChI=1S/C21H24N2O2/c1-15(23-20(25)21(2)11-9-19(24)10-12-21)16-5-7-17(8-6-16)18-4-3-13-22-14-18/h3-8,13-15H,9-12H2,1-2H3,(H,23,25). The zero-order valence-corrected chi connectivity index (χ0v) is 14.8. The van der Waals surface area contributed by atoms with Crippen molar-refractivity contribution in [2.45, 2.75) is 45.6 Å². The van der Waals surface area contributed by atoms with Crippen LogP contribution in [0.2, 0.25) is 0 Å². The van der Waals surface area contributed by atoms with Crippen LogP contribution in [0.4, 0.5) is 0 Å². The van der Waals surface area contributed by atoms with Crippen LogP contribution in [0.3, 0.4) is 0 Å². The minimum absolute atomic E-state index is 0.0452. The Labute approximate surface area is 148 Å². The van der Waals surface area contributed by atoms with Gasteiger partial charge in [0.25, 0.3) is 0 Å². The van der Waals surface area contributed by atoms with E-state index in [1.54, 1.807) is 6.20 Å². The Balaban J connectivity index is 1.66. The van der Waals surface area contributed by atoms with Crippen molar-refractivity contribution >= 4 is 11.7 Å². The van der Waals surface area contributed by atoms with E-state index in [0.29, 0.717) is 25.7 Å². The molecule has 1 N–H and O–H groups in total. The molecule has 1 aliphatic carbocycles. The Morgan fingerprint density at radius 1 is 1.12 bits per heavy atom. The Morgan fingerprint density at radius 2 is 1.80 bits per heavy atom. The van der Waals surface area contributed by atoms with E-state index in [1.807, 2.05) is 44.3 Å². The predicted molar refractivity (Wildman–Crippen MR) is 97.8 cm³/mol. The lowest BCUT2D eigenvalue weighted by Crippen LogP contribution is -2.42. The van der Waals surface area contributed by atoms with Gasteiger partial charge in [-0.2, -0.15) is 0 Å². The van der Waals surface area contributed by atoms with Crippen molar-refractivity contribution in [3.63, 3.8) is 0 Å². The quantitative estimate of drug-likeness (QED) is 0.915. The average Bonchev–Trinajstić information content (AvgIpc) is 2.65. The maximum atomic E-state index is 12.7. The molecule has 1 atom stereocenters. The largest absolute Gasteiger partial charge is 0.349 e. The van der Waals surface area contributed by atoms with Crippen LogP contribution in [0.25, 0.3) is 11.1 Å². The Morgan fingerprint density at radius 3 is 2.40 bits per heavy atom. The second kappa shape index (κ2) is 7.18. The summed E-state index contributed by atoms with van der Waals surface area (Å²) in [5, 5.41) is 3.12. The van der Waals surface area contributed by atoms with Crippen LogP contribution in [-0.2, 0) is 9.59 Å². The highest BCUT2D eigenvalue weighted by Crippen LogP contribution is 2.35. The van der Waals surface area contributed by atoms with Crippen molar-refractivity contribution in [2.24, 2.45) is 5.41 Å². The van der Waals surface area contributed by atoms with Crippen molar-refractivity contribution in [2.75, 3.05) is 0 Å². The number of nitrogens with zero attached hydrogens (tertiary/aromatic N) is 1. The molecule has 1 amide bonds. The number of carbonyl (C=O) groups is 2. The maximum Gasteiger partial charge on any atom is 0.226 e. The average molecular weight is 336 g/mol. The molecule has 4 nitrogen and oxygen atoms in total. The lowest BCUT2D eigenvalue weighted by molar-refractivity contribution is -0.135. The second-order valence-electron chi connectivity index (χ2n) is 7.16. The van der Waals surface area contributed by atoms with Gasteiger partial charge in [0.05, 0.1) is 6.04 Å². The molecule has 3 rings (SSSR count). The van der Waals surface area contributed by atoms with E-state index >= 15 is 0 Å². The van der Waals surface area contributed by atoms with Crippen molar-refractivity contribution < 1.29 is 9.59 Å². The number of carbonyl (C=O) groups excluding carboxylic acids is 2. The summed E-state index contributed by atoms with van der Waals surface area (Å²) in [7, 11) is 0. The molecular weight excluding hydrogens is 312 g/mol. The molecule has 1 aliphatic rings. The van der Waals surface area contributed by atoms with E-state index in [2.05, 4.69) is 22.4 Å². The molecule has 1 aromatic carbocycles. The molecule has 1 heterocycles. The minimum atomic E-state index is -0.433. The van der Waals surface area contributed by atoms with Gasteiger partial charge in [-0.3, -0.25) is 14.6 Å². The van der Waals surface area contributed by atoms with Crippen LogP contribution in [0.15, 0.2) is 48.8 Å². The summed E-state index contributed by atoms with van der Waals surface area (Å²) in [5.74, 6) is 0.313. The first kappa shape index (κ1) is 17.3. The van der Waals surface area contributed by atoms with Crippen LogP contribution in [-0.4, -0.2) is 16.7 Å². The predicted octanol–water partition coefficient (Wildman–Crippen LogP) is 4.08. The van der Waals surface area contributed by atoms with Crippen LogP contribution >= 0.6 is 0 Å². The first-order chi connectivity index (χ1) is 12.0. The van der Waals surface area contributed by atoms with Crippen molar-refractivity contribution in [3.05, 3.63) is 54.4 Å². The number of pyridine rings is 1. The molecule has 2 aromatic rings. The number of ketones is 1. The molecule has 1 fully saturated rings. The van der Waals surface area contributed by atoms with E-state index in [4.69, 9.17) is 0 Å². The molecule has 1 saturated carbocycles. The van der Waals surface area contributed by atoms with Gasteiger partial charge in [0.2, 0.25) is 5.91 Å². The summed E-state index contributed by atoms with van der Waals surface area (Å²) in [6.07, 6.45) is 5.91. The molecule has 0 bridgehead atoms. The lowest BCUT2D eigenvalue weighted by Gasteiger charge is -2.32. The number of aromatic nitrogens is 1. The highest BCUT2D eigenvalue weighted by Gasteiger charge is 2.37. The third-order valence-corrected chi connectivity index (χ3v) is 5.21. The zero-order chi connectivity index (χ0) is 17.9. The number of rotatable bonds is 4. The van der Waals surface area contributed by atoms with Gasteiger partial charge in [-0.05, 0) is 42.5 Å². The number of hydrogen-bond acceptors (Lipinski definition) is 3. The zero-order valence-electron chi connectivity index (χ0n) is 14.8. The summed E-state index contributed by atoms with van der Waals surface area (Å²) in [6.45, 7) is 3.96. The molecular formula is C21H24N2O2. The van der Waals surface area contributed by atoms with E-state index in [9.17, 15) is 9.59 Å². The third kappa shape index (κ3) is 3.95. The first-order valence-corrected chi connectivity index (χ1v) is 8.81. The van der Waals surface area contributed by atoms with Crippen LogP contribution in [0.5, 0.6) is 0 Å². The van der Waals surface area contributed by atoms with Gasteiger partial charge < -0.3 is 5.32 Å². The van der Waals surface area contributed by atoms with E-state index in [0.717, 1.165) is 16.7 Å². The molecule has 0 aliphatic heterocycles. The second-order valence-corrected chi connectivity index (χ2v) is 7.16. The highest BCUT2D eigenvalue weighted by atomic mass is 16.2. The molecule has 1 unspecified atom stereocenters. The van der Waals surface area contributed by atoms with Gasteiger partial charge in [-0.1, -0.05) is 37.3 Å². The van der Waals surface area contributed by atoms with Gasteiger partial charge in [0, 0.05) is 30.7 Å². The lowest BCUT2D eigenvalue weighted by atomic mass is 9.74. The monoisotopic (exact) mass is 336 g/mol. The normalized spacial score (nSPS) is 17.8. The topological polar surface area (TPSA) is 59.1 Å². The molecule has 25 heavy (non-hydrogen) atoms. The van der Waals surface area contributed by atoms with Gasteiger partial charge in [-0.15, -0.1) is 0 Å². The van der Waals surface area contributed by atoms with Crippen molar-refractivity contribution in [1.82, 2.24) is 10.3 Å². The van der Waals surface area contributed by atoms with Gasteiger partial charge in [0.1, 0.15) is 5.78 Å². The maximum absolute atomic E-state index is 12.7. The van der Waals surface area contributed by atoms with Crippen LogP contribution in [0, 0.1) is 5.41 Å². The summed E-state index contributed by atoms with van der Waals surface area (Å²) < 4.78 is 0. The van der Waals surface area contributed by atoms with E-state index < -0.39 is 5.41 Å². The Bertz CT molecular complexity index is 743. The number of nitrogens with one attached hydrogen (secondary N) is 1. The van der Waals surface area contributed by atoms with Gasteiger partial charge in [0.15, 0.2) is 0 Å². The minimum Gasteiger partial charge on any atom is -0.349 e. The molecule has 4 heteroatoms. The Hall–Kier alpha value is -2.49. The van der Waals surface area contributed by atoms with Crippen molar-refractivity contribution in [3.8, 4) is 11.1 Å². The SMILES string of the molecule is CC(NC(=O)C1(C)CCC(=O)CC1)c1ccc(-c2cccnc2)cc1. The molecule has 1 aromatic heterocycles. The highest BCUT2D eigenvalue weighted by molar-refractivity contribution is 5.87. The summed E-state index contributed by atoms with van der Waals surface area (Å²) >= 11 is 0.